The molecule has 1 N–H and O–H groups in total. The van der Waals surface area contributed by atoms with Crippen molar-refractivity contribution >= 4 is 34.1 Å². The van der Waals surface area contributed by atoms with E-state index in [2.05, 4.69) is 23.3 Å². The summed E-state index contributed by atoms with van der Waals surface area (Å²) in [5.74, 6) is 0.537. The molecule has 136 valence electrons. The van der Waals surface area contributed by atoms with E-state index < -0.39 is 0 Å². The standard InChI is InChI=1S/C22H21N3OS/c1-2-6-18-12-11-17(15-23)22(24-18)27-14-13-21(26)25-20-10-5-8-16-7-3-4-9-19(16)20/h3-5,7-12H,2,6,13-14H2,1H3,(H,25,26). The van der Waals surface area contributed by atoms with Crippen molar-refractivity contribution in [3.8, 4) is 6.07 Å². The highest BCUT2D eigenvalue weighted by atomic mass is 32.2. The first kappa shape index (κ1) is 18.9. The minimum Gasteiger partial charge on any atom is -0.325 e. The third kappa shape index (κ3) is 4.87. The fraction of sp³-hybridized carbons (Fsp3) is 0.227. The second-order valence-electron chi connectivity index (χ2n) is 6.19. The quantitative estimate of drug-likeness (QED) is 0.578. The molecule has 1 heterocycles. The molecule has 0 unspecified atom stereocenters. The minimum atomic E-state index is -0.0397. The highest BCUT2D eigenvalue weighted by Gasteiger charge is 2.09. The maximum absolute atomic E-state index is 12.4. The van der Waals surface area contributed by atoms with E-state index in [0.717, 1.165) is 35.0 Å². The van der Waals surface area contributed by atoms with Crippen LogP contribution in [0.3, 0.4) is 0 Å². The molecule has 0 bridgehead atoms. The van der Waals surface area contributed by atoms with Gasteiger partial charge in [-0.2, -0.15) is 5.26 Å². The molecule has 0 spiro atoms. The molecule has 0 saturated heterocycles. The maximum atomic E-state index is 12.4. The van der Waals surface area contributed by atoms with E-state index in [1.807, 2.05) is 54.6 Å². The van der Waals surface area contributed by atoms with E-state index in [-0.39, 0.29) is 5.91 Å². The van der Waals surface area contributed by atoms with E-state index in [0.29, 0.717) is 22.8 Å². The summed E-state index contributed by atoms with van der Waals surface area (Å²) in [6, 6.07) is 19.8. The number of nitriles is 1. The molecule has 4 nitrogen and oxygen atoms in total. The first-order chi connectivity index (χ1) is 13.2. The van der Waals surface area contributed by atoms with E-state index in [4.69, 9.17) is 0 Å². The van der Waals surface area contributed by atoms with Crippen LogP contribution in [0.2, 0.25) is 0 Å². The third-order valence-electron chi connectivity index (χ3n) is 4.18. The fourth-order valence-corrected chi connectivity index (χ4v) is 3.79. The second kappa shape index (κ2) is 9.20. The Morgan fingerprint density at radius 1 is 1.15 bits per heavy atom. The Morgan fingerprint density at radius 3 is 2.78 bits per heavy atom. The van der Waals surface area contributed by atoms with Gasteiger partial charge in [-0.05, 0) is 30.0 Å². The molecular weight excluding hydrogens is 354 g/mol. The van der Waals surface area contributed by atoms with Gasteiger partial charge >= 0.3 is 0 Å². The van der Waals surface area contributed by atoms with Crippen molar-refractivity contribution in [3.05, 3.63) is 65.9 Å². The number of pyridine rings is 1. The Labute approximate surface area is 163 Å². The molecule has 3 rings (SSSR count). The molecule has 3 aromatic rings. The molecule has 0 saturated carbocycles. The summed E-state index contributed by atoms with van der Waals surface area (Å²) in [6.07, 6.45) is 2.26. The predicted octanol–water partition coefficient (Wildman–Crippen LogP) is 5.18. The van der Waals surface area contributed by atoms with E-state index >= 15 is 0 Å². The molecule has 0 aliphatic carbocycles. The lowest BCUT2D eigenvalue weighted by molar-refractivity contribution is -0.115. The average Bonchev–Trinajstić information content (AvgIpc) is 2.69. The lowest BCUT2D eigenvalue weighted by atomic mass is 10.1. The summed E-state index contributed by atoms with van der Waals surface area (Å²) in [4.78, 5) is 16.9. The van der Waals surface area contributed by atoms with Crippen LogP contribution in [-0.4, -0.2) is 16.6 Å². The Kier molecular flexibility index (Phi) is 6.45. The van der Waals surface area contributed by atoms with Crippen molar-refractivity contribution < 1.29 is 4.79 Å². The zero-order valence-corrected chi connectivity index (χ0v) is 16.1. The van der Waals surface area contributed by atoms with Gasteiger partial charge in [-0.25, -0.2) is 4.98 Å². The van der Waals surface area contributed by atoms with Crippen LogP contribution in [0.5, 0.6) is 0 Å². The predicted molar refractivity (Wildman–Crippen MR) is 111 cm³/mol. The largest absolute Gasteiger partial charge is 0.325 e. The number of fused-ring (bicyclic) bond motifs is 1. The highest BCUT2D eigenvalue weighted by Crippen LogP contribution is 2.24. The zero-order chi connectivity index (χ0) is 19.1. The Hall–Kier alpha value is -2.84. The van der Waals surface area contributed by atoms with Crippen LogP contribution in [0, 0.1) is 11.3 Å². The van der Waals surface area contributed by atoms with Crippen LogP contribution in [0.15, 0.2) is 59.6 Å². The number of carbonyl (C=O) groups is 1. The average molecular weight is 375 g/mol. The van der Waals surface area contributed by atoms with Gasteiger partial charge in [-0.3, -0.25) is 4.79 Å². The monoisotopic (exact) mass is 375 g/mol. The summed E-state index contributed by atoms with van der Waals surface area (Å²) in [5, 5.41) is 15.1. The summed E-state index contributed by atoms with van der Waals surface area (Å²) in [6.45, 7) is 2.10. The number of nitrogens with zero attached hydrogens (tertiary/aromatic N) is 2. The molecular formula is C22H21N3OS. The second-order valence-corrected chi connectivity index (χ2v) is 7.27. The summed E-state index contributed by atoms with van der Waals surface area (Å²) < 4.78 is 0. The van der Waals surface area contributed by atoms with E-state index in [9.17, 15) is 10.1 Å². The Morgan fingerprint density at radius 2 is 1.96 bits per heavy atom. The Balaban J connectivity index is 1.61. The molecule has 0 aliphatic heterocycles. The molecule has 1 aromatic heterocycles. The lowest BCUT2D eigenvalue weighted by Crippen LogP contribution is -2.12. The number of carbonyl (C=O) groups excluding carboxylic acids is 1. The number of nitrogens with one attached hydrogen (secondary N) is 1. The van der Waals surface area contributed by atoms with Crippen molar-refractivity contribution in [2.45, 2.75) is 31.2 Å². The lowest BCUT2D eigenvalue weighted by Gasteiger charge is -2.09. The number of benzene rings is 2. The van der Waals surface area contributed by atoms with Gasteiger partial charge in [0.25, 0.3) is 0 Å². The molecule has 2 aromatic carbocycles. The minimum absolute atomic E-state index is 0.0397. The first-order valence-corrected chi connectivity index (χ1v) is 10.00. The normalized spacial score (nSPS) is 10.5. The van der Waals surface area contributed by atoms with Gasteiger partial charge < -0.3 is 5.32 Å². The molecule has 0 aliphatic rings. The molecule has 0 atom stereocenters. The Bertz CT molecular complexity index is 989. The van der Waals surface area contributed by atoms with Crippen LogP contribution in [0.4, 0.5) is 5.69 Å². The number of aromatic nitrogens is 1. The van der Waals surface area contributed by atoms with Gasteiger partial charge in [0.2, 0.25) is 5.91 Å². The van der Waals surface area contributed by atoms with Gasteiger partial charge in [-0.1, -0.05) is 49.7 Å². The van der Waals surface area contributed by atoms with Crippen molar-refractivity contribution in [1.82, 2.24) is 4.98 Å². The summed E-state index contributed by atoms with van der Waals surface area (Å²) in [5.41, 5.74) is 2.37. The number of thioether (sulfide) groups is 1. The van der Waals surface area contributed by atoms with Gasteiger partial charge in [0.1, 0.15) is 11.1 Å². The molecule has 5 heteroatoms. The molecule has 0 radical (unpaired) electrons. The fourth-order valence-electron chi connectivity index (χ4n) is 2.86. The molecule has 1 amide bonds. The SMILES string of the molecule is CCCc1ccc(C#N)c(SCCC(=O)Nc2cccc3ccccc23)n1. The van der Waals surface area contributed by atoms with Gasteiger partial charge in [0.05, 0.1) is 5.56 Å². The highest BCUT2D eigenvalue weighted by molar-refractivity contribution is 7.99. The van der Waals surface area contributed by atoms with Crippen molar-refractivity contribution in [2.75, 3.05) is 11.1 Å². The number of hydrogen-bond acceptors (Lipinski definition) is 4. The van der Waals surface area contributed by atoms with Gasteiger partial charge in [0, 0.05) is 28.9 Å². The summed E-state index contributed by atoms with van der Waals surface area (Å²) in [7, 11) is 0. The van der Waals surface area contributed by atoms with Gasteiger partial charge in [-0.15, -0.1) is 11.8 Å². The number of aryl methyl sites for hydroxylation is 1. The zero-order valence-electron chi connectivity index (χ0n) is 15.2. The van der Waals surface area contributed by atoms with Crippen molar-refractivity contribution in [3.63, 3.8) is 0 Å². The van der Waals surface area contributed by atoms with Crippen LogP contribution >= 0.6 is 11.8 Å². The maximum Gasteiger partial charge on any atom is 0.225 e. The van der Waals surface area contributed by atoms with Crippen molar-refractivity contribution in [2.24, 2.45) is 0 Å². The molecule has 0 fully saturated rings. The van der Waals surface area contributed by atoms with Gasteiger partial charge in [0.15, 0.2) is 0 Å². The number of rotatable bonds is 7. The van der Waals surface area contributed by atoms with E-state index in [1.54, 1.807) is 0 Å². The van der Waals surface area contributed by atoms with Crippen molar-refractivity contribution in [1.29, 1.82) is 5.26 Å². The van der Waals surface area contributed by atoms with E-state index in [1.165, 1.54) is 11.8 Å². The van der Waals surface area contributed by atoms with Crippen LogP contribution in [-0.2, 0) is 11.2 Å². The van der Waals surface area contributed by atoms with Crippen LogP contribution in [0.1, 0.15) is 31.0 Å². The molecule has 27 heavy (non-hydrogen) atoms. The first-order valence-electron chi connectivity index (χ1n) is 9.01. The topological polar surface area (TPSA) is 65.8 Å². The van der Waals surface area contributed by atoms with Crippen LogP contribution < -0.4 is 5.32 Å². The summed E-state index contributed by atoms with van der Waals surface area (Å²) >= 11 is 1.46. The number of hydrogen-bond donors (Lipinski definition) is 1. The number of amides is 1. The smallest absolute Gasteiger partial charge is 0.225 e. The van der Waals surface area contributed by atoms with Crippen LogP contribution in [0.25, 0.3) is 10.8 Å². The number of anilines is 1. The third-order valence-corrected chi connectivity index (χ3v) is 5.17.